The van der Waals surface area contributed by atoms with Crippen molar-refractivity contribution in [1.82, 2.24) is 10.2 Å². The minimum absolute atomic E-state index is 0.207. The zero-order valence-corrected chi connectivity index (χ0v) is 14.4. The Labute approximate surface area is 129 Å². The summed E-state index contributed by atoms with van der Waals surface area (Å²) in [5, 5.41) is 3.43. The Morgan fingerprint density at radius 1 is 1.24 bits per heavy atom. The van der Waals surface area contributed by atoms with Gasteiger partial charge in [-0.25, -0.2) is 8.42 Å². The SMILES string of the molecule is CC(C)CNCc1cccc(CN(C)CCS(C)(=O)=O)c1. The van der Waals surface area contributed by atoms with Crippen molar-refractivity contribution in [2.24, 2.45) is 5.92 Å². The number of rotatable bonds is 9. The highest BCUT2D eigenvalue weighted by atomic mass is 32.2. The van der Waals surface area contributed by atoms with Gasteiger partial charge in [0.15, 0.2) is 0 Å². The number of hydrogen-bond acceptors (Lipinski definition) is 4. The van der Waals surface area contributed by atoms with Gasteiger partial charge in [-0.2, -0.15) is 0 Å². The highest BCUT2D eigenvalue weighted by Crippen LogP contribution is 2.08. The fourth-order valence-corrected chi connectivity index (χ4v) is 2.70. The van der Waals surface area contributed by atoms with E-state index in [0.717, 1.165) is 19.6 Å². The van der Waals surface area contributed by atoms with Gasteiger partial charge in [0.1, 0.15) is 9.84 Å². The van der Waals surface area contributed by atoms with E-state index in [1.165, 1.54) is 17.4 Å². The van der Waals surface area contributed by atoms with Crippen LogP contribution in [0.5, 0.6) is 0 Å². The summed E-state index contributed by atoms with van der Waals surface area (Å²) < 4.78 is 22.4. The van der Waals surface area contributed by atoms with Crippen LogP contribution in [0.2, 0.25) is 0 Å². The summed E-state index contributed by atoms with van der Waals surface area (Å²) in [6, 6.07) is 8.45. The Morgan fingerprint density at radius 2 is 1.90 bits per heavy atom. The van der Waals surface area contributed by atoms with Crippen LogP contribution in [0, 0.1) is 5.92 Å². The van der Waals surface area contributed by atoms with Gasteiger partial charge in [-0.15, -0.1) is 0 Å². The van der Waals surface area contributed by atoms with Crippen molar-refractivity contribution in [3.05, 3.63) is 35.4 Å². The second-order valence-corrected chi connectivity index (χ2v) is 8.47. The van der Waals surface area contributed by atoms with E-state index < -0.39 is 9.84 Å². The molecule has 120 valence electrons. The molecule has 0 radical (unpaired) electrons. The predicted molar refractivity (Wildman–Crippen MR) is 89.0 cm³/mol. The van der Waals surface area contributed by atoms with Gasteiger partial charge in [0, 0.05) is 25.9 Å². The molecule has 1 N–H and O–H groups in total. The average Bonchev–Trinajstić information content (AvgIpc) is 2.36. The predicted octanol–water partition coefficient (Wildman–Crippen LogP) is 1.91. The Kier molecular flexibility index (Phi) is 7.35. The first kappa shape index (κ1) is 18.1. The van der Waals surface area contributed by atoms with E-state index in [1.54, 1.807) is 0 Å². The smallest absolute Gasteiger partial charge is 0.148 e. The fourth-order valence-electron chi connectivity index (χ4n) is 2.06. The van der Waals surface area contributed by atoms with Crippen molar-refractivity contribution < 1.29 is 8.42 Å². The van der Waals surface area contributed by atoms with Gasteiger partial charge < -0.3 is 10.2 Å². The van der Waals surface area contributed by atoms with E-state index in [2.05, 4.69) is 43.4 Å². The quantitative estimate of drug-likeness (QED) is 0.757. The van der Waals surface area contributed by atoms with Crippen LogP contribution in [0.1, 0.15) is 25.0 Å². The van der Waals surface area contributed by atoms with Gasteiger partial charge in [-0.3, -0.25) is 0 Å². The van der Waals surface area contributed by atoms with Gasteiger partial charge in [0.25, 0.3) is 0 Å². The van der Waals surface area contributed by atoms with Crippen molar-refractivity contribution in [3.8, 4) is 0 Å². The van der Waals surface area contributed by atoms with Gasteiger partial charge in [0.2, 0.25) is 0 Å². The van der Waals surface area contributed by atoms with Crippen molar-refractivity contribution in [2.75, 3.05) is 32.1 Å². The molecule has 0 spiro atoms. The molecule has 1 aromatic rings. The molecule has 0 bridgehead atoms. The lowest BCUT2D eigenvalue weighted by Crippen LogP contribution is -2.25. The Hall–Kier alpha value is -0.910. The molecule has 0 atom stereocenters. The summed E-state index contributed by atoms with van der Waals surface area (Å²) in [5.41, 5.74) is 2.49. The highest BCUT2D eigenvalue weighted by molar-refractivity contribution is 7.90. The van der Waals surface area contributed by atoms with Crippen LogP contribution in [0.3, 0.4) is 0 Å². The largest absolute Gasteiger partial charge is 0.312 e. The molecule has 1 rings (SSSR count). The number of sulfone groups is 1. The molecule has 21 heavy (non-hydrogen) atoms. The van der Waals surface area contributed by atoms with Gasteiger partial charge in [0.05, 0.1) is 5.75 Å². The molecule has 0 amide bonds. The second kappa shape index (κ2) is 8.51. The summed E-state index contributed by atoms with van der Waals surface area (Å²) in [7, 11) is -0.938. The van der Waals surface area contributed by atoms with Crippen LogP contribution in [0.15, 0.2) is 24.3 Å². The molecule has 0 fully saturated rings. The zero-order chi connectivity index (χ0) is 15.9. The molecule has 0 unspecified atom stereocenters. The fraction of sp³-hybridized carbons (Fsp3) is 0.625. The first-order valence-corrected chi connectivity index (χ1v) is 9.47. The summed E-state index contributed by atoms with van der Waals surface area (Å²) in [6.07, 6.45) is 1.28. The van der Waals surface area contributed by atoms with E-state index in [4.69, 9.17) is 0 Å². The summed E-state index contributed by atoms with van der Waals surface area (Å²) in [5.74, 6) is 0.856. The van der Waals surface area contributed by atoms with Crippen LogP contribution in [-0.4, -0.2) is 45.5 Å². The summed E-state index contributed by atoms with van der Waals surface area (Å²) in [6.45, 7) is 7.61. The molecule has 5 heteroatoms. The normalized spacial score (nSPS) is 12.3. The number of benzene rings is 1. The maximum Gasteiger partial charge on any atom is 0.148 e. The molecule has 0 heterocycles. The third-order valence-corrected chi connectivity index (χ3v) is 4.09. The molecule has 0 aliphatic rings. The Balaban J connectivity index is 2.48. The summed E-state index contributed by atoms with van der Waals surface area (Å²) in [4.78, 5) is 2.04. The Bertz CT molecular complexity index is 527. The number of hydrogen-bond donors (Lipinski definition) is 1. The lowest BCUT2D eigenvalue weighted by Gasteiger charge is -2.16. The summed E-state index contributed by atoms with van der Waals surface area (Å²) >= 11 is 0. The van der Waals surface area contributed by atoms with Crippen LogP contribution in [0.4, 0.5) is 0 Å². The third-order valence-electron chi connectivity index (χ3n) is 3.17. The topological polar surface area (TPSA) is 49.4 Å². The molecular formula is C16H28N2O2S. The van der Waals surface area contributed by atoms with Gasteiger partial charge >= 0.3 is 0 Å². The molecule has 0 aliphatic carbocycles. The molecule has 1 aromatic carbocycles. The first-order chi connectivity index (χ1) is 9.76. The van der Waals surface area contributed by atoms with Crippen LogP contribution >= 0.6 is 0 Å². The van der Waals surface area contributed by atoms with Crippen molar-refractivity contribution in [2.45, 2.75) is 26.9 Å². The number of nitrogens with one attached hydrogen (secondary N) is 1. The van der Waals surface area contributed by atoms with Crippen molar-refractivity contribution >= 4 is 9.84 Å². The molecule has 0 saturated carbocycles. The van der Waals surface area contributed by atoms with Crippen LogP contribution in [0.25, 0.3) is 0 Å². The number of nitrogens with zero attached hydrogens (tertiary/aromatic N) is 1. The zero-order valence-electron chi connectivity index (χ0n) is 13.6. The average molecular weight is 312 g/mol. The van der Waals surface area contributed by atoms with E-state index in [9.17, 15) is 8.42 Å². The highest BCUT2D eigenvalue weighted by Gasteiger charge is 2.06. The minimum Gasteiger partial charge on any atom is -0.312 e. The molecule has 0 aliphatic heterocycles. The van der Waals surface area contributed by atoms with E-state index in [0.29, 0.717) is 12.5 Å². The van der Waals surface area contributed by atoms with E-state index in [-0.39, 0.29) is 5.75 Å². The Morgan fingerprint density at radius 3 is 2.52 bits per heavy atom. The van der Waals surface area contributed by atoms with Gasteiger partial charge in [-0.1, -0.05) is 38.1 Å². The van der Waals surface area contributed by atoms with Crippen molar-refractivity contribution in [1.29, 1.82) is 0 Å². The van der Waals surface area contributed by atoms with Gasteiger partial charge in [-0.05, 0) is 30.6 Å². The monoisotopic (exact) mass is 312 g/mol. The molecular weight excluding hydrogens is 284 g/mol. The lowest BCUT2D eigenvalue weighted by atomic mass is 10.1. The third kappa shape index (κ3) is 8.86. The van der Waals surface area contributed by atoms with Crippen LogP contribution < -0.4 is 5.32 Å². The minimum atomic E-state index is -2.89. The molecule has 0 aromatic heterocycles. The standard InChI is InChI=1S/C16H28N2O2S/c1-14(2)11-17-12-15-6-5-7-16(10-15)13-18(3)8-9-21(4,19)20/h5-7,10,14,17H,8-9,11-13H2,1-4H3. The van der Waals surface area contributed by atoms with Crippen LogP contribution in [-0.2, 0) is 22.9 Å². The lowest BCUT2D eigenvalue weighted by molar-refractivity contribution is 0.346. The molecule has 0 saturated heterocycles. The van der Waals surface area contributed by atoms with E-state index in [1.807, 2.05) is 11.9 Å². The molecule has 4 nitrogen and oxygen atoms in total. The maximum atomic E-state index is 11.2. The first-order valence-electron chi connectivity index (χ1n) is 7.41. The second-order valence-electron chi connectivity index (χ2n) is 6.21. The maximum absolute atomic E-state index is 11.2. The van der Waals surface area contributed by atoms with Crippen molar-refractivity contribution in [3.63, 3.8) is 0 Å². The van der Waals surface area contributed by atoms with E-state index >= 15 is 0 Å².